The number of aliphatic hydroxyl groups excluding tert-OH is 1. The molecule has 0 aliphatic rings. The largest absolute Gasteiger partial charge is 0.490 e. The van der Waals surface area contributed by atoms with Gasteiger partial charge in [0.1, 0.15) is 24.3 Å². The minimum atomic E-state index is -0.926. The average Bonchev–Trinajstić information content (AvgIpc) is 2.16. The van der Waals surface area contributed by atoms with Crippen molar-refractivity contribution in [2.24, 2.45) is 0 Å². The first-order chi connectivity index (χ1) is 6.22. The molecule has 0 aliphatic carbocycles. The van der Waals surface area contributed by atoms with Crippen molar-refractivity contribution in [3.05, 3.63) is 30.1 Å². The minimum absolute atomic E-state index is 0.0160. The molecule has 0 bridgehead atoms. The molecule has 1 aromatic rings. The Kier molecular flexibility index (Phi) is 3.30. The number of aliphatic hydroxyl groups is 1. The first-order valence-corrected chi connectivity index (χ1v) is 3.75. The van der Waals surface area contributed by atoms with E-state index in [-0.39, 0.29) is 12.4 Å². The van der Waals surface area contributed by atoms with Gasteiger partial charge >= 0.3 is 0 Å². The van der Waals surface area contributed by atoms with Crippen molar-refractivity contribution in [2.45, 2.75) is 6.10 Å². The molecule has 13 heavy (non-hydrogen) atoms. The first-order valence-electron chi connectivity index (χ1n) is 3.75. The molecule has 0 aliphatic heterocycles. The Hall–Kier alpha value is -1.53. The summed E-state index contributed by atoms with van der Waals surface area (Å²) < 4.78 is 17.5. The van der Waals surface area contributed by atoms with Crippen molar-refractivity contribution in [3.8, 4) is 18.1 Å². The van der Waals surface area contributed by atoms with Crippen molar-refractivity contribution < 1.29 is 14.2 Å². The fourth-order valence-corrected chi connectivity index (χ4v) is 0.754. The molecule has 0 aromatic heterocycles. The molecule has 1 rings (SSSR count). The summed E-state index contributed by atoms with van der Waals surface area (Å²) in [6, 6.07) is 5.49. The van der Waals surface area contributed by atoms with Crippen LogP contribution in [0.3, 0.4) is 0 Å². The Bertz CT molecular complexity index is 300. The van der Waals surface area contributed by atoms with Crippen LogP contribution in [0.5, 0.6) is 5.75 Å². The first kappa shape index (κ1) is 9.56. The molecule has 0 amide bonds. The Morgan fingerprint density at radius 1 is 1.46 bits per heavy atom. The maximum Gasteiger partial charge on any atom is 0.148 e. The van der Waals surface area contributed by atoms with E-state index in [0.29, 0.717) is 5.75 Å². The van der Waals surface area contributed by atoms with E-state index in [1.54, 1.807) is 0 Å². The van der Waals surface area contributed by atoms with Crippen molar-refractivity contribution in [2.75, 3.05) is 6.61 Å². The van der Waals surface area contributed by atoms with E-state index < -0.39 is 6.10 Å². The third-order valence-corrected chi connectivity index (χ3v) is 1.41. The number of ether oxygens (including phenoxy) is 1. The molecule has 1 N–H and O–H groups in total. The quantitative estimate of drug-likeness (QED) is 0.708. The van der Waals surface area contributed by atoms with Crippen LogP contribution < -0.4 is 4.74 Å². The molecule has 1 atom stereocenters. The zero-order chi connectivity index (χ0) is 9.68. The van der Waals surface area contributed by atoms with Gasteiger partial charge in [-0.2, -0.15) is 0 Å². The summed E-state index contributed by atoms with van der Waals surface area (Å²) in [6.07, 6.45) is 3.99. The molecular formula is C10H9FO2. The second-order valence-corrected chi connectivity index (χ2v) is 2.45. The van der Waals surface area contributed by atoms with E-state index in [9.17, 15) is 4.39 Å². The van der Waals surface area contributed by atoms with Crippen molar-refractivity contribution in [3.63, 3.8) is 0 Å². The second kappa shape index (κ2) is 4.48. The summed E-state index contributed by atoms with van der Waals surface area (Å²) >= 11 is 0. The van der Waals surface area contributed by atoms with Crippen LogP contribution in [-0.2, 0) is 0 Å². The molecule has 0 unspecified atom stereocenters. The van der Waals surface area contributed by atoms with Crippen LogP contribution in [-0.4, -0.2) is 17.8 Å². The van der Waals surface area contributed by atoms with Gasteiger partial charge in [-0.15, -0.1) is 6.42 Å². The summed E-state index contributed by atoms with van der Waals surface area (Å²) in [5, 5.41) is 8.94. The van der Waals surface area contributed by atoms with Gasteiger partial charge < -0.3 is 9.84 Å². The Morgan fingerprint density at radius 2 is 2.08 bits per heavy atom. The van der Waals surface area contributed by atoms with E-state index in [4.69, 9.17) is 16.3 Å². The van der Waals surface area contributed by atoms with Crippen LogP contribution in [0.1, 0.15) is 0 Å². The highest BCUT2D eigenvalue weighted by atomic mass is 19.1. The third kappa shape index (κ3) is 3.14. The molecule has 0 saturated heterocycles. The molecule has 0 spiro atoms. The molecule has 0 radical (unpaired) electrons. The van der Waals surface area contributed by atoms with Gasteiger partial charge in [0.05, 0.1) is 0 Å². The van der Waals surface area contributed by atoms with Gasteiger partial charge in [-0.1, -0.05) is 5.92 Å². The number of terminal acetylenes is 1. The SMILES string of the molecule is C#C[C@H](O)COc1ccc(F)cc1. The molecule has 0 fully saturated rings. The highest BCUT2D eigenvalue weighted by Gasteiger charge is 1.99. The number of hydrogen-bond acceptors (Lipinski definition) is 2. The van der Waals surface area contributed by atoms with E-state index >= 15 is 0 Å². The third-order valence-electron chi connectivity index (χ3n) is 1.41. The second-order valence-electron chi connectivity index (χ2n) is 2.45. The number of halogens is 1. The Labute approximate surface area is 76.0 Å². The van der Waals surface area contributed by atoms with E-state index in [2.05, 4.69) is 5.92 Å². The van der Waals surface area contributed by atoms with Gasteiger partial charge in [0, 0.05) is 0 Å². The lowest BCUT2D eigenvalue weighted by molar-refractivity contribution is 0.151. The smallest absolute Gasteiger partial charge is 0.148 e. The van der Waals surface area contributed by atoms with Crippen molar-refractivity contribution in [1.82, 2.24) is 0 Å². The van der Waals surface area contributed by atoms with Gasteiger partial charge in [0.25, 0.3) is 0 Å². The van der Waals surface area contributed by atoms with Crippen LogP contribution >= 0.6 is 0 Å². The summed E-state index contributed by atoms with van der Waals surface area (Å²) in [7, 11) is 0. The topological polar surface area (TPSA) is 29.5 Å². The minimum Gasteiger partial charge on any atom is -0.490 e. The van der Waals surface area contributed by atoms with Crippen molar-refractivity contribution >= 4 is 0 Å². The van der Waals surface area contributed by atoms with Crippen LogP contribution in [0.15, 0.2) is 24.3 Å². The molecular weight excluding hydrogens is 171 g/mol. The lowest BCUT2D eigenvalue weighted by Crippen LogP contribution is -2.14. The average molecular weight is 180 g/mol. The monoisotopic (exact) mass is 180 g/mol. The van der Waals surface area contributed by atoms with Gasteiger partial charge in [0.2, 0.25) is 0 Å². The Balaban J connectivity index is 2.47. The summed E-state index contributed by atoms with van der Waals surface area (Å²) in [4.78, 5) is 0. The maximum absolute atomic E-state index is 12.4. The molecule has 1 aromatic carbocycles. The predicted molar refractivity (Wildman–Crippen MR) is 46.7 cm³/mol. The fourth-order valence-electron chi connectivity index (χ4n) is 0.754. The van der Waals surface area contributed by atoms with Gasteiger partial charge in [-0.3, -0.25) is 0 Å². The molecule has 2 nitrogen and oxygen atoms in total. The number of hydrogen-bond donors (Lipinski definition) is 1. The maximum atomic E-state index is 12.4. The summed E-state index contributed by atoms with van der Waals surface area (Å²) in [6.45, 7) is 0.0160. The molecule has 0 heterocycles. The standard InChI is InChI=1S/C10H9FO2/c1-2-9(12)7-13-10-5-3-8(11)4-6-10/h1,3-6,9,12H,7H2/t9-/m0/s1. The van der Waals surface area contributed by atoms with Crippen LogP contribution in [0.4, 0.5) is 4.39 Å². The lowest BCUT2D eigenvalue weighted by Gasteiger charge is -2.06. The molecule has 0 saturated carbocycles. The highest BCUT2D eigenvalue weighted by Crippen LogP contribution is 2.10. The van der Waals surface area contributed by atoms with Gasteiger partial charge in [-0.25, -0.2) is 4.39 Å². The van der Waals surface area contributed by atoms with E-state index in [0.717, 1.165) is 0 Å². The zero-order valence-electron chi connectivity index (χ0n) is 6.90. The van der Waals surface area contributed by atoms with Crippen molar-refractivity contribution in [1.29, 1.82) is 0 Å². The number of benzene rings is 1. The highest BCUT2D eigenvalue weighted by molar-refractivity contribution is 5.22. The normalized spacial score (nSPS) is 11.8. The van der Waals surface area contributed by atoms with E-state index in [1.807, 2.05) is 0 Å². The van der Waals surface area contributed by atoms with Crippen LogP contribution in [0, 0.1) is 18.2 Å². The lowest BCUT2D eigenvalue weighted by atomic mass is 10.3. The fraction of sp³-hybridized carbons (Fsp3) is 0.200. The van der Waals surface area contributed by atoms with E-state index in [1.165, 1.54) is 24.3 Å². The summed E-state index contributed by atoms with van der Waals surface area (Å²) in [5.41, 5.74) is 0. The predicted octanol–water partition coefficient (Wildman–Crippen LogP) is 1.20. The molecule has 3 heteroatoms. The Morgan fingerprint density at radius 3 is 2.62 bits per heavy atom. The molecule has 68 valence electrons. The van der Waals surface area contributed by atoms with Crippen LogP contribution in [0.2, 0.25) is 0 Å². The summed E-state index contributed by atoms with van der Waals surface area (Å²) in [5.74, 6) is 2.26. The van der Waals surface area contributed by atoms with Gasteiger partial charge in [-0.05, 0) is 24.3 Å². The van der Waals surface area contributed by atoms with Crippen LogP contribution in [0.25, 0.3) is 0 Å². The van der Waals surface area contributed by atoms with Gasteiger partial charge in [0.15, 0.2) is 0 Å². The number of rotatable bonds is 3. The zero-order valence-corrected chi connectivity index (χ0v) is 6.90.